The van der Waals surface area contributed by atoms with Gasteiger partial charge in [0.05, 0.1) is 5.88 Å². The number of halogens is 1. The molecule has 0 N–H and O–H groups in total. The molecule has 1 aliphatic rings. The van der Waals surface area contributed by atoms with E-state index in [0.717, 1.165) is 11.1 Å². The van der Waals surface area contributed by atoms with Crippen molar-refractivity contribution in [3.8, 4) is 23.1 Å². The lowest BCUT2D eigenvalue weighted by Gasteiger charge is -2.15. The predicted molar refractivity (Wildman–Crippen MR) is 81.1 cm³/mol. The molecule has 2 aromatic rings. The van der Waals surface area contributed by atoms with Gasteiger partial charge in [-0.25, -0.2) is 14.9 Å². The maximum Gasteiger partial charge on any atom is 0.216 e. The lowest BCUT2D eigenvalue weighted by molar-refractivity contribution is 0.309. The summed E-state index contributed by atoms with van der Waals surface area (Å²) in [6, 6.07) is 5.29. The van der Waals surface area contributed by atoms with Gasteiger partial charge in [0.15, 0.2) is 6.19 Å². The monoisotopic (exact) mass is 316 g/mol. The van der Waals surface area contributed by atoms with Gasteiger partial charge >= 0.3 is 0 Å². The van der Waals surface area contributed by atoms with E-state index in [0.29, 0.717) is 22.5 Å². The summed E-state index contributed by atoms with van der Waals surface area (Å²) in [7, 11) is 0. The smallest absolute Gasteiger partial charge is 0.216 e. The van der Waals surface area contributed by atoms with Crippen LogP contribution in [0.4, 0.5) is 0 Å². The van der Waals surface area contributed by atoms with Crippen molar-refractivity contribution >= 4 is 23.4 Å². The summed E-state index contributed by atoms with van der Waals surface area (Å²) in [6.07, 6.45) is 6.91. The number of hydrogen-bond donors (Lipinski definition) is 0. The van der Waals surface area contributed by atoms with Crippen LogP contribution in [0, 0.1) is 11.5 Å². The first-order chi connectivity index (χ1) is 10.3. The molecule has 104 valence electrons. The Kier molecular flexibility index (Phi) is 3.95. The topological polar surface area (TPSA) is 62.0 Å². The molecule has 0 radical (unpaired) electrons. The van der Waals surface area contributed by atoms with Crippen LogP contribution >= 0.6 is 23.4 Å². The second-order valence-electron chi connectivity index (χ2n) is 4.15. The van der Waals surface area contributed by atoms with E-state index in [4.69, 9.17) is 21.6 Å². The minimum Gasteiger partial charge on any atom is -0.439 e. The van der Waals surface area contributed by atoms with Gasteiger partial charge in [-0.05, 0) is 18.2 Å². The highest BCUT2D eigenvalue weighted by atomic mass is 35.5. The SMILES string of the molecule is N#CN1CSC=C1Oc1ccc(Cl)cc1-c1cncnc1. The molecule has 0 spiro atoms. The zero-order chi connectivity index (χ0) is 14.7. The number of ether oxygens (including phenoxy) is 1. The highest BCUT2D eigenvalue weighted by Gasteiger charge is 2.19. The molecule has 0 unspecified atom stereocenters. The van der Waals surface area contributed by atoms with Crippen LogP contribution in [-0.2, 0) is 0 Å². The Labute approximate surface area is 130 Å². The second kappa shape index (κ2) is 6.04. The van der Waals surface area contributed by atoms with E-state index >= 15 is 0 Å². The standard InChI is InChI=1S/C14H9ClN4OS/c15-11-1-2-13(20-14-6-21-9-19(14)7-16)12(3-11)10-4-17-8-18-5-10/h1-6,8H,9H2. The number of hydrogen-bond acceptors (Lipinski definition) is 6. The van der Waals surface area contributed by atoms with E-state index in [1.807, 2.05) is 5.41 Å². The largest absolute Gasteiger partial charge is 0.439 e. The Bertz CT molecular complexity index is 729. The van der Waals surface area contributed by atoms with Gasteiger partial charge in [0, 0.05) is 34.0 Å². The number of nitrogens with zero attached hydrogens (tertiary/aromatic N) is 4. The summed E-state index contributed by atoms with van der Waals surface area (Å²) in [5.74, 6) is 1.66. The Hall–Kier alpha value is -2.23. The molecular weight excluding hydrogens is 308 g/mol. The van der Waals surface area contributed by atoms with Crippen molar-refractivity contribution in [1.29, 1.82) is 5.26 Å². The van der Waals surface area contributed by atoms with Crippen molar-refractivity contribution in [3.05, 3.63) is 53.2 Å². The lowest BCUT2D eigenvalue weighted by Crippen LogP contribution is -2.16. The van der Waals surface area contributed by atoms with Crippen LogP contribution < -0.4 is 4.74 Å². The van der Waals surface area contributed by atoms with Gasteiger partial charge < -0.3 is 4.74 Å². The highest BCUT2D eigenvalue weighted by Crippen LogP contribution is 2.35. The molecule has 7 heteroatoms. The Morgan fingerprint density at radius 3 is 2.90 bits per heavy atom. The number of benzene rings is 1. The van der Waals surface area contributed by atoms with Crippen LogP contribution in [0.15, 0.2) is 48.2 Å². The van der Waals surface area contributed by atoms with Crippen LogP contribution in [0.3, 0.4) is 0 Å². The molecule has 0 saturated heterocycles. The minimum atomic E-state index is 0.503. The van der Waals surface area contributed by atoms with E-state index in [9.17, 15) is 0 Å². The van der Waals surface area contributed by atoms with Crippen molar-refractivity contribution in [2.24, 2.45) is 0 Å². The molecule has 1 aromatic heterocycles. The van der Waals surface area contributed by atoms with Crippen LogP contribution in [0.2, 0.25) is 5.02 Å². The fraction of sp³-hybridized carbons (Fsp3) is 0.0714. The van der Waals surface area contributed by atoms with E-state index in [1.165, 1.54) is 23.0 Å². The molecule has 0 saturated carbocycles. The van der Waals surface area contributed by atoms with Gasteiger partial charge in [0.25, 0.3) is 0 Å². The summed E-state index contributed by atoms with van der Waals surface area (Å²) in [5, 5.41) is 11.4. The number of thioether (sulfide) groups is 1. The van der Waals surface area contributed by atoms with Gasteiger partial charge in [0.2, 0.25) is 5.88 Å². The molecule has 21 heavy (non-hydrogen) atoms. The molecule has 3 rings (SSSR count). The molecule has 2 heterocycles. The maximum atomic E-state index is 9.05. The van der Waals surface area contributed by atoms with E-state index in [1.54, 1.807) is 30.6 Å². The van der Waals surface area contributed by atoms with Gasteiger partial charge in [-0.3, -0.25) is 0 Å². The molecule has 0 atom stereocenters. The third-order valence-corrected chi connectivity index (χ3v) is 3.81. The first-order valence-electron chi connectivity index (χ1n) is 6.00. The van der Waals surface area contributed by atoms with Crippen molar-refractivity contribution in [3.63, 3.8) is 0 Å². The number of nitriles is 1. The molecule has 1 aliphatic heterocycles. The third-order valence-electron chi connectivity index (χ3n) is 2.80. The molecule has 0 bridgehead atoms. The van der Waals surface area contributed by atoms with E-state index in [2.05, 4.69) is 16.2 Å². The third kappa shape index (κ3) is 2.94. The second-order valence-corrected chi connectivity index (χ2v) is 5.41. The summed E-state index contributed by atoms with van der Waals surface area (Å²) in [5.41, 5.74) is 1.57. The van der Waals surface area contributed by atoms with Crippen LogP contribution in [0.1, 0.15) is 0 Å². The average molecular weight is 317 g/mol. The zero-order valence-corrected chi connectivity index (χ0v) is 12.3. The normalized spacial score (nSPS) is 13.7. The van der Waals surface area contributed by atoms with Crippen molar-refractivity contribution in [1.82, 2.24) is 14.9 Å². The summed E-state index contributed by atoms with van der Waals surface area (Å²) >= 11 is 7.57. The van der Waals surface area contributed by atoms with Gasteiger partial charge in [-0.1, -0.05) is 11.6 Å². The van der Waals surface area contributed by atoms with Crippen LogP contribution in [0.5, 0.6) is 5.75 Å². The molecule has 0 fully saturated rings. The molecule has 0 aliphatic carbocycles. The van der Waals surface area contributed by atoms with E-state index in [-0.39, 0.29) is 0 Å². The lowest BCUT2D eigenvalue weighted by atomic mass is 10.1. The minimum absolute atomic E-state index is 0.503. The van der Waals surface area contributed by atoms with Crippen LogP contribution in [-0.4, -0.2) is 20.7 Å². The summed E-state index contributed by atoms with van der Waals surface area (Å²) in [6.45, 7) is 0. The van der Waals surface area contributed by atoms with Crippen molar-refractivity contribution in [2.45, 2.75) is 0 Å². The molecular formula is C14H9ClN4OS. The fourth-order valence-corrected chi connectivity index (χ4v) is 2.73. The maximum absolute atomic E-state index is 9.05. The van der Waals surface area contributed by atoms with Gasteiger partial charge in [-0.15, -0.1) is 11.8 Å². The fourth-order valence-electron chi connectivity index (χ4n) is 1.84. The first-order valence-corrected chi connectivity index (χ1v) is 7.42. The van der Waals surface area contributed by atoms with E-state index < -0.39 is 0 Å². The molecule has 0 amide bonds. The quantitative estimate of drug-likeness (QED) is 0.808. The van der Waals surface area contributed by atoms with Crippen molar-refractivity contribution < 1.29 is 4.74 Å². The number of rotatable bonds is 3. The summed E-state index contributed by atoms with van der Waals surface area (Å²) in [4.78, 5) is 9.48. The van der Waals surface area contributed by atoms with Gasteiger partial charge in [-0.2, -0.15) is 5.26 Å². The van der Waals surface area contributed by atoms with Crippen molar-refractivity contribution in [2.75, 3.05) is 5.88 Å². The Morgan fingerprint density at radius 1 is 1.33 bits per heavy atom. The van der Waals surface area contributed by atoms with Crippen LogP contribution in [0.25, 0.3) is 11.1 Å². The highest BCUT2D eigenvalue weighted by molar-refractivity contribution is 8.02. The Balaban J connectivity index is 1.98. The Morgan fingerprint density at radius 2 is 2.14 bits per heavy atom. The summed E-state index contributed by atoms with van der Waals surface area (Å²) < 4.78 is 5.85. The zero-order valence-electron chi connectivity index (χ0n) is 10.7. The first kappa shape index (κ1) is 13.7. The predicted octanol–water partition coefficient (Wildman–Crippen LogP) is 3.46. The molecule has 1 aromatic carbocycles. The average Bonchev–Trinajstić information content (AvgIpc) is 2.97. The van der Waals surface area contributed by atoms with Gasteiger partial charge in [0.1, 0.15) is 12.1 Å². The molecule has 5 nitrogen and oxygen atoms in total. The number of aromatic nitrogens is 2.